The minimum atomic E-state index is 0.317. The maximum Gasteiger partial charge on any atom is 0.157 e. The molecule has 0 fully saturated rings. The van der Waals surface area contributed by atoms with E-state index in [0.29, 0.717) is 16.7 Å². The van der Waals surface area contributed by atoms with E-state index in [4.69, 9.17) is 17.3 Å². The van der Waals surface area contributed by atoms with Crippen LogP contribution in [0.2, 0.25) is 5.15 Å². The molecule has 5 heteroatoms. The smallest absolute Gasteiger partial charge is 0.157 e. The monoisotopic (exact) mass is 283 g/mol. The first-order valence-corrected chi connectivity index (χ1v) is 5.38. The zero-order valence-electron chi connectivity index (χ0n) is 7.61. The van der Waals surface area contributed by atoms with Gasteiger partial charge in [0.1, 0.15) is 11.5 Å². The predicted molar refractivity (Wildman–Crippen MR) is 64.6 cm³/mol. The third-order valence-corrected chi connectivity index (χ3v) is 2.66. The summed E-state index contributed by atoms with van der Waals surface area (Å²) in [6.45, 7) is 0. The van der Waals surface area contributed by atoms with Crippen molar-refractivity contribution in [3.05, 3.63) is 40.1 Å². The lowest BCUT2D eigenvalue weighted by Gasteiger charge is -2.03. The highest BCUT2D eigenvalue weighted by molar-refractivity contribution is 9.10. The van der Waals surface area contributed by atoms with Crippen molar-refractivity contribution >= 4 is 33.3 Å². The topological polar surface area (TPSA) is 51.8 Å². The molecule has 0 amide bonds. The number of nitrogen functional groups attached to an aromatic ring is 1. The molecule has 15 heavy (non-hydrogen) atoms. The van der Waals surface area contributed by atoms with Crippen molar-refractivity contribution in [1.29, 1.82) is 0 Å². The van der Waals surface area contributed by atoms with E-state index in [1.165, 1.54) is 6.20 Å². The molecule has 2 aromatic rings. The Labute approximate surface area is 100 Å². The number of rotatable bonds is 1. The molecular formula is C10H7BrClN3. The van der Waals surface area contributed by atoms with Gasteiger partial charge in [-0.3, -0.25) is 0 Å². The summed E-state index contributed by atoms with van der Waals surface area (Å²) in [5.41, 5.74) is 7.01. The van der Waals surface area contributed by atoms with Gasteiger partial charge in [-0.1, -0.05) is 39.7 Å². The van der Waals surface area contributed by atoms with Crippen LogP contribution < -0.4 is 5.73 Å². The standard InChI is InChI=1S/C10H7BrClN3/c11-7-3-1-6(2-4-7)9-10(12)15-8(13)5-14-9/h1-5H,(H2,13,15). The van der Waals surface area contributed by atoms with E-state index in [1.54, 1.807) is 0 Å². The van der Waals surface area contributed by atoms with Crippen molar-refractivity contribution in [1.82, 2.24) is 9.97 Å². The Bertz CT molecular complexity index is 485. The predicted octanol–water partition coefficient (Wildman–Crippen LogP) is 3.14. The molecule has 0 bridgehead atoms. The second-order valence-corrected chi connectivity index (χ2v) is 4.21. The van der Waals surface area contributed by atoms with Crippen LogP contribution in [0, 0.1) is 0 Å². The lowest BCUT2D eigenvalue weighted by molar-refractivity contribution is 1.21. The van der Waals surface area contributed by atoms with Gasteiger partial charge in [-0.15, -0.1) is 0 Å². The summed E-state index contributed by atoms with van der Waals surface area (Å²) >= 11 is 9.30. The van der Waals surface area contributed by atoms with Gasteiger partial charge in [0.15, 0.2) is 5.15 Å². The van der Waals surface area contributed by atoms with Gasteiger partial charge in [0.25, 0.3) is 0 Å². The summed E-state index contributed by atoms with van der Waals surface area (Å²) in [6.07, 6.45) is 1.49. The fraction of sp³-hybridized carbons (Fsp3) is 0. The van der Waals surface area contributed by atoms with Crippen molar-refractivity contribution < 1.29 is 0 Å². The minimum Gasteiger partial charge on any atom is -0.382 e. The fourth-order valence-corrected chi connectivity index (χ4v) is 1.70. The number of hydrogen-bond donors (Lipinski definition) is 1. The van der Waals surface area contributed by atoms with Crippen LogP contribution in [0.1, 0.15) is 0 Å². The second-order valence-electron chi connectivity index (χ2n) is 2.94. The summed E-state index contributed by atoms with van der Waals surface area (Å²) in [5, 5.41) is 0.317. The number of aromatic nitrogens is 2. The number of benzene rings is 1. The van der Waals surface area contributed by atoms with Crippen molar-refractivity contribution in [3.8, 4) is 11.3 Å². The van der Waals surface area contributed by atoms with Crippen LogP contribution in [-0.2, 0) is 0 Å². The summed E-state index contributed by atoms with van der Waals surface area (Å²) in [5.74, 6) is 0.320. The zero-order valence-corrected chi connectivity index (χ0v) is 9.96. The number of halogens is 2. The maximum atomic E-state index is 5.94. The third-order valence-electron chi connectivity index (χ3n) is 1.87. The number of nitrogens with zero attached hydrogens (tertiary/aromatic N) is 2. The molecule has 0 aliphatic carbocycles. The molecule has 0 aliphatic rings. The van der Waals surface area contributed by atoms with Gasteiger partial charge in [-0.25, -0.2) is 9.97 Å². The molecule has 1 aromatic carbocycles. The Morgan fingerprint density at radius 1 is 1.20 bits per heavy atom. The Hall–Kier alpha value is -1.13. The van der Waals surface area contributed by atoms with Gasteiger partial charge in [-0.2, -0.15) is 0 Å². The average Bonchev–Trinajstić information content (AvgIpc) is 2.20. The number of hydrogen-bond acceptors (Lipinski definition) is 3. The average molecular weight is 285 g/mol. The Kier molecular flexibility index (Phi) is 2.88. The molecule has 0 spiro atoms. The first kappa shape index (κ1) is 10.4. The second kappa shape index (κ2) is 4.16. The van der Waals surface area contributed by atoms with E-state index in [-0.39, 0.29) is 0 Å². The molecule has 76 valence electrons. The van der Waals surface area contributed by atoms with Gasteiger partial charge in [0.05, 0.1) is 6.20 Å². The molecule has 3 nitrogen and oxygen atoms in total. The summed E-state index contributed by atoms with van der Waals surface area (Å²) in [7, 11) is 0. The molecule has 0 unspecified atom stereocenters. The van der Waals surface area contributed by atoms with Crippen LogP contribution >= 0.6 is 27.5 Å². The third kappa shape index (κ3) is 2.27. The Morgan fingerprint density at radius 3 is 2.47 bits per heavy atom. The maximum absolute atomic E-state index is 5.94. The van der Waals surface area contributed by atoms with E-state index >= 15 is 0 Å². The van der Waals surface area contributed by atoms with Crippen molar-refractivity contribution in [2.24, 2.45) is 0 Å². The van der Waals surface area contributed by atoms with Gasteiger partial charge in [0, 0.05) is 10.0 Å². The van der Waals surface area contributed by atoms with Crippen LogP contribution in [-0.4, -0.2) is 9.97 Å². The number of nitrogens with two attached hydrogens (primary N) is 1. The van der Waals surface area contributed by atoms with Gasteiger partial charge >= 0.3 is 0 Å². The fourth-order valence-electron chi connectivity index (χ4n) is 1.18. The van der Waals surface area contributed by atoms with E-state index in [0.717, 1.165) is 10.0 Å². The highest BCUT2D eigenvalue weighted by Gasteiger charge is 2.06. The quantitative estimate of drug-likeness (QED) is 0.875. The molecule has 0 saturated heterocycles. The van der Waals surface area contributed by atoms with Crippen molar-refractivity contribution in [2.45, 2.75) is 0 Å². The molecule has 0 aliphatic heterocycles. The Balaban J connectivity index is 2.49. The van der Waals surface area contributed by atoms with Crippen LogP contribution in [0.3, 0.4) is 0 Å². The highest BCUT2D eigenvalue weighted by atomic mass is 79.9. The molecular weight excluding hydrogens is 277 g/mol. The Morgan fingerprint density at radius 2 is 1.87 bits per heavy atom. The van der Waals surface area contributed by atoms with Crippen molar-refractivity contribution in [2.75, 3.05) is 5.73 Å². The SMILES string of the molecule is Nc1cnc(-c2ccc(Br)cc2)c(Cl)n1. The first-order valence-electron chi connectivity index (χ1n) is 4.21. The van der Waals surface area contributed by atoms with Gasteiger partial charge in [-0.05, 0) is 12.1 Å². The van der Waals surface area contributed by atoms with Crippen molar-refractivity contribution in [3.63, 3.8) is 0 Å². The van der Waals surface area contributed by atoms with Crippen LogP contribution in [0.5, 0.6) is 0 Å². The zero-order chi connectivity index (χ0) is 10.8. The van der Waals surface area contributed by atoms with Gasteiger partial charge < -0.3 is 5.73 Å². The van der Waals surface area contributed by atoms with Crippen LogP contribution in [0.25, 0.3) is 11.3 Å². The van der Waals surface area contributed by atoms with Crippen LogP contribution in [0.15, 0.2) is 34.9 Å². The summed E-state index contributed by atoms with van der Waals surface area (Å²) < 4.78 is 1.01. The molecule has 2 rings (SSSR count). The highest BCUT2D eigenvalue weighted by Crippen LogP contribution is 2.25. The summed E-state index contributed by atoms with van der Waals surface area (Å²) in [6, 6.07) is 7.67. The van der Waals surface area contributed by atoms with Gasteiger partial charge in [0.2, 0.25) is 0 Å². The minimum absolute atomic E-state index is 0.317. The molecule has 2 N–H and O–H groups in total. The largest absolute Gasteiger partial charge is 0.382 e. The number of anilines is 1. The van der Waals surface area contributed by atoms with E-state index in [9.17, 15) is 0 Å². The summed E-state index contributed by atoms with van der Waals surface area (Å²) in [4.78, 5) is 8.08. The van der Waals surface area contributed by atoms with E-state index in [1.807, 2.05) is 24.3 Å². The normalized spacial score (nSPS) is 10.3. The molecule has 1 aromatic heterocycles. The molecule has 0 saturated carbocycles. The molecule has 1 heterocycles. The van der Waals surface area contributed by atoms with E-state index in [2.05, 4.69) is 25.9 Å². The molecule has 0 radical (unpaired) electrons. The lowest BCUT2D eigenvalue weighted by Crippen LogP contribution is -1.94. The van der Waals surface area contributed by atoms with Crippen LogP contribution in [0.4, 0.5) is 5.82 Å². The lowest BCUT2D eigenvalue weighted by atomic mass is 10.2. The molecule has 0 atom stereocenters. The first-order chi connectivity index (χ1) is 7.16. The van der Waals surface area contributed by atoms with E-state index < -0.39 is 0 Å².